The lowest BCUT2D eigenvalue weighted by Gasteiger charge is -2.27. The van der Waals surface area contributed by atoms with E-state index in [4.69, 9.17) is 0 Å². The Labute approximate surface area is 124 Å². The number of hydrogen-bond donors (Lipinski definition) is 2. The van der Waals surface area contributed by atoms with E-state index in [9.17, 15) is 14.7 Å². The Balaban J connectivity index is 2.02. The summed E-state index contributed by atoms with van der Waals surface area (Å²) in [4.78, 5) is 23.9. The highest BCUT2D eigenvalue weighted by Gasteiger charge is 2.40. The van der Waals surface area contributed by atoms with Crippen molar-refractivity contribution in [2.75, 3.05) is 5.32 Å². The number of carbonyl (C=O) groups is 2. The molecule has 0 aromatic carbocycles. The maximum atomic E-state index is 12.2. The van der Waals surface area contributed by atoms with Gasteiger partial charge < -0.3 is 10.4 Å². The van der Waals surface area contributed by atoms with Crippen LogP contribution in [0.4, 0.5) is 5.69 Å². The van der Waals surface area contributed by atoms with Gasteiger partial charge in [-0.05, 0) is 19.8 Å². The van der Waals surface area contributed by atoms with Crippen LogP contribution in [0.2, 0.25) is 0 Å². The Morgan fingerprint density at radius 2 is 2.00 bits per heavy atom. The van der Waals surface area contributed by atoms with E-state index >= 15 is 0 Å². The molecule has 0 aliphatic heterocycles. The number of aromatic nitrogens is 2. The summed E-state index contributed by atoms with van der Waals surface area (Å²) >= 11 is 0. The molecule has 1 aliphatic rings. The van der Waals surface area contributed by atoms with E-state index < -0.39 is 11.4 Å². The second kappa shape index (κ2) is 6.74. The summed E-state index contributed by atoms with van der Waals surface area (Å²) in [5.74, 6) is -1.08. The van der Waals surface area contributed by atoms with Crippen molar-refractivity contribution >= 4 is 17.6 Å². The zero-order valence-electron chi connectivity index (χ0n) is 12.5. The van der Waals surface area contributed by atoms with Gasteiger partial charge in [0.15, 0.2) is 0 Å². The minimum Gasteiger partial charge on any atom is -0.481 e. The summed E-state index contributed by atoms with van der Waals surface area (Å²) in [6, 6.07) is 0. The number of carboxylic acid groups (broad SMARTS) is 1. The van der Waals surface area contributed by atoms with Gasteiger partial charge in [-0.3, -0.25) is 14.3 Å². The average molecular weight is 293 g/mol. The zero-order valence-corrected chi connectivity index (χ0v) is 12.5. The fourth-order valence-electron chi connectivity index (χ4n) is 2.99. The Morgan fingerprint density at radius 1 is 1.33 bits per heavy atom. The van der Waals surface area contributed by atoms with Gasteiger partial charge in [-0.25, -0.2) is 0 Å². The van der Waals surface area contributed by atoms with Crippen molar-refractivity contribution < 1.29 is 14.7 Å². The minimum absolute atomic E-state index is 0.0413. The van der Waals surface area contributed by atoms with Crippen LogP contribution in [-0.2, 0) is 16.1 Å². The Bertz CT molecular complexity index is 502. The van der Waals surface area contributed by atoms with Crippen LogP contribution in [0, 0.1) is 5.41 Å². The lowest BCUT2D eigenvalue weighted by Crippen LogP contribution is -2.35. The molecule has 0 atom stereocenters. The first-order valence-electron chi connectivity index (χ1n) is 7.61. The summed E-state index contributed by atoms with van der Waals surface area (Å²) in [5.41, 5.74) is -0.280. The normalized spacial score (nSPS) is 18.0. The van der Waals surface area contributed by atoms with E-state index in [-0.39, 0.29) is 12.3 Å². The van der Waals surface area contributed by atoms with Crippen molar-refractivity contribution in [1.82, 2.24) is 9.78 Å². The number of aliphatic carboxylic acids is 1. The number of amides is 1. The van der Waals surface area contributed by atoms with E-state index in [1.54, 1.807) is 17.1 Å². The van der Waals surface area contributed by atoms with Gasteiger partial charge in [0.05, 0.1) is 17.3 Å². The number of anilines is 1. The number of rotatable bonds is 5. The third-order valence-electron chi connectivity index (χ3n) is 4.25. The Kier molecular flexibility index (Phi) is 4.98. The smallest absolute Gasteiger partial charge is 0.310 e. The van der Waals surface area contributed by atoms with Gasteiger partial charge in [0.2, 0.25) is 5.91 Å². The summed E-state index contributed by atoms with van der Waals surface area (Å²) in [6.07, 6.45) is 8.43. The van der Waals surface area contributed by atoms with Crippen LogP contribution < -0.4 is 5.32 Å². The van der Waals surface area contributed by atoms with Crippen molar-refractivity contribution in [1.29, 1.82) is 0 Å². The highest BCUT2D eigenvalue weighted by atomic mass is 16.4. The summed E-state index contributed by atoms with van der Waals surface area (Å²) in [7, 11) is 0. The van der Waals surface area contributed by atoms with Gasteiger partial charge in [0, 0.05) is 19.2 Å². The first-order chi connectivity index (χ1) is 10.1. The van der Waals surface area contributed by atoms with E-state index in [1.807, 2.05) is 6.92 Å². The van der Waals surface area contributed by atoms with Crippen LogP contribution in [0.25, 0.3) is 0 Å². The molecule has 1 heterocycles. The fraction of sp³-hybridized carbons (Fsp3) is 0.667. The van der Waals surface area contributed by atoms with Crippen molar-refractivity contribution in [3.63, 3.8) is 0 Å². The molecule has 2 N–H and O–H groups in total. The topological polar surface area (TPSA) is 84.2 Å². The van der Waals surface area contributed by atoms with Gasteiger partial charge in [-0.2, -0.15) is 5.10 Å². The van der Waals surface area contributed by atoms with E-state index in [2.05, 4.69) is 10.4 Å². The Morgan fingerprint density at radius 3 is 2.52 bits per heavy atom. The van der Waals surface area contributed by atoms with Crippen molar-refractivity contribution in [2.45, 2.75) is 58.4 Å². The van der Waals surface area contributed by atoms with Gasteiger partial charge >= 0.3 is 5.97 Å². The highest BCUT2D eigenvalue weighted by molar-refractivity contribution is 5.94. The van der Waals surface area contributed by atoms with Gasteiger partial charge in [0.1, 0.15) is 0 Å². The van der Waals surface area contributed by atoms with Gasteiger partial charge in [0.25, 0.3) is 0 Å². The second-order valence-electron chi connectivity index (χ2n) is 5.81. The maximum absolute atomic E-state index is 12.2. The minimum atomic E-state index is -0.901. The SMILES string of the molecule is CCn1cc(NC(=O)CC2(C(=O)O)CCCCCC2)cn1. The standard InChI is InChI=1S/C15H23N3O3/c1-2-18-11-12(10-16-18)17-13(19)9-15(14(20)21)7-5-3-4-6-8-15/h10-11H,2-9H2,1H3,(H,17,19)(H,20,21). The molecule has 116 valence electrons. The highest BCUT2D eigenvalue weighted by Crippen LogP contribution is 2.38. The predicted molar refractivity (Wildman–Crippen MR) is 78.9 cm³/mol. The van der Waals surface area contributed by atoms with E-state index in [1.165, 1.54) is 0 Å². The van der Waals surface area contributed by atoms with Crippen molar-refractivity contribution in [3.05, 3.63) is 12.4 Å². The molecule has 0 unspecified atom stereocenters. The Hall–Kier alpha value is -1.85. The van der Waals surface area contributed by atoms with E-state index in [0.29, 0.717) is 18.5 Å². The third-order valence-corrected chi connectivity index (χ3v) is 4.25. The molecule has 21 heavy (non-hydrogen) atoms. The molecule has 1 amide bonds. The number of carboxylic acids is 1. The molecule has 2 rings (SSSR count). The molecule has 0 spiro atoms. The average Bonchev–Trinajstić information content (AvgIpc) is 2.75. The van der Waals surface area contributed by atoms with Gasteiger partial charge in [-0.1, -0.05) is 25.7 Å². The number of nitrogens with zero attached hydrogens (tertiary/aromatic N) is 2. The van der Waals surface area contributed by atoms with Crippen LogP contribution >= 0.6 is 0 Å². The summed E-state index contributed by atoms with van der Waals surface area (Å²) in [5, 5.41) is 16.4. The lowest BCUT2D eigenvalue weighted by molar-refractivity contribution is -0.152. The monoisotopic (exact) mass is 293 g/mol. The number of carbonyl (C=O) groups excluding carboxylic acids is 1. The molecule has 0 bridgehead atoms. The quantitative estimate of drug-likeness (QED) is 0.817. The van der Waals surface area contributed by atoms with Crippen molar-refractivity contribution in [3.8, 4) is 0 Å². The summed E-state index contributed by atoms with van der Waals surface area (Å²) in [6.45, 7) is 2.69. The van der Waals surface area contributed by atoms with Crippen LogP contribution in [0.5, 0.6) is 0 Å². The molecule has 1 aliphatic carbocycles. The molecular weight excluding hydrogens is 270 g/mol. The zero-order chi connectivity index (χ0) is 15.3. The third kappa shape index (κ3) is 3.83. The molecule has 0 saturated heterocycles. The largest absolute Gasteiger partial charge is 0.481 e. The van der Waals surface area contributed by atoms with E-state index in [0.717, 1.165) is 32.2 Å². The van der Waals surface area contributed by atoms with Crippen LogP contribution in [0.15, 0.2) is 12.4 Å². The first-order valence-corrected chi connectivity index (χ1v) is 7.61. The number of aryl methyl sites for hydroxylation is 1. The molecule has 1 fully saturated rings. The number of hydrogen-bond acceptors (Lipinski definition) is 3. The van der Waals surface area contributed by atoms with Crippen LogP contribution in [0.1, 0.15) is 51.9 Å². The molecular formula is C15H23N3O3. The van der Waals surface area contributed by atoms with Crippen LogP contribution in [0.3, 0.4) is 0 Å². The maximum Gasteiger partial charge on any atom is 0.310 e. The molecule has 1 aromatic heterocycles. The van der Waals surface area contributed by atoms with Gasteiger partial charge in [-0.15, -0.1) is 0 Å². The predicted octanol–water partition coefficient (Wildman–Crippen LogP) is 2.66. The van der Waals surface area contributed by atoms with Crippen LogP contribution in [-0.4, -0.2) is 26.8 Å². The number of nitrogens with one attached hydrogen (secondary N) is 1. The molecule has 1 saturated carbocycles. The van der Waals surface area contributed by atoms with Crippen molar-refractivity contribution in [2.24, 2.45) is 5.41 Å². The first kappa shape index (κ1) is 15.5. The molecule has 6 nitrogen and oxygen atoms in total. The summed E-state index contributed by atoms with van der Waals surface area (Å²) < 4.78 is 1.72. The molecule has 6 heteroatoms. The molecule has 0 radical (unpaired) electrons. The molecule has 1 aromatic rings. The second-order valence-corrected chi connectivity index (χ2v) is 5.81. The lowest BCUT2D eigenvalue weighted by atomic mass is 9.77. The fourth-order valence-corrected chi connectivity index (χ4v) is 2.99.